The van der Waals surface area contributed by atoms with E-state index < -0.39 is 11.9 Å². The molecule has 0 atom stereocenters. The Hall–Kier alpha value is -3.80. The minimum absolute atomic E-state index is 0.159. The maximum Gasteiger partial charge on any atom is 0.194 e. The average molecular weight is 406 g/mol. The Labute approximate surface area is 172 Å². The summed E-state index contributed by atoms with van der Waals surface area (Å²) in [6, 6.07) is 20.1. The van der Waals surface area contributed by atoms with E-state index in [9.17, 15) is 18.4 Å². The molecule has 2 aromatic heterocycles. The van der Waals surface area contributed by atoms with Crippen LogP contribution in [-0.2, 0) is 0 Å². The lowest BCUT2D eigenvalue weighted by Crippen LogP contribution is -2.01. The Balaban J connectivity index is 0.000000171. The van der Waals surface area contributed by atoms with E-state index in [1.54, 1.807) is 62.4 Å². The van der Waals surface area contributed by atoms with E-state index in [1.165, 1.54) is 12.1 Å². The highest BCUT2D eigenvalue weighted by molar-refractivity contribution is 6.10. The van der Waals surface area contributed by atoms with Crippen molar-refractivity contribution in [1.82, 2.24) is 9.97 Å². The summed E-state index contributed by atoms with van der Waals surface area (Å²) in [5.41, 5.74) is 3.03. The molecule has 0 aliphatic heterocycles. The zero-order chi connectivity index (χ0) is 21.7. The first kappa shape index (κ1) is 20.9. The number of ketones is 2. The molecule has 4 aromatic rings. The second-order valence-electron chi connectivity index (χ2n) is 6.70. The molecule has 4 nitrogen and oxygen atoms in total. The van der Waals surface area contributed by atoms with Gasteiger partial charge in [0.1, 0.15) is 0 Å². The van der Waals surface area contributed by atoms with Gasteiger partial charge in [-0.15, -0.1) is 0 Å². The summed E-state index contributed by atoms with van der Waals surface area (Å²) in [6.45, 7) is 3.36. The molecule has 0 radical (unpaired) electrons. The lowest BCUT2D eigenvalue weighted by Gasteiger charge is -1.98. The van der Waals surface area contributed by atoms with Crippen molar-refractivity contribution in [3.8, 4) is 0 Å². The van der Waals surface area contributed by atoms with Crippen LogP contribution in [0, 0.1) is 25.7 Å². The molecule has 0 amide bonds. The first-order valence-electron chi connectivity index (χ1n) is 9.26. The number of hydrogen-bond donors (Lipinski definition) is 2. The molecule has 0 spiro atoms. The highest BCUT2D eigenvalue weighted by atomic mass is 19.1. The highest BCUT2D eigenvalue weighted by Crippen LogP contribution is 2.15. The van der Waals surface area contributed by atoms with Gasteiger partial charge in [0.2, 0.25) is 0 Å². The SMILES string of the molecule is Cc1[nH]c(F)cc1C(=O)c1ccccc1.Cc1[nH]c(F)cc1C(=O)c1ccccc1. The molecule has 6 heteroatoms. The van der Waals surface area contributed by atoms with Crippen molar-refractivity contribution < 1.29 is 18.4 Å². The van der Waals surface area contributed by atoms with Crippen LogP contribution in [0.2, 0.25) is 0 Å². The normalized spacial score (nSPS) is 10.3. The van der Waals surface area contributed by atoms with Crippen LogP contribution < -0.4 is 0 Å². The Kier molecular flexibility index (Phi) is 6.37. The lowest BCUT2D eigenvalue weighted by atomic mass is 10.0. The van der Waals surface area contributed by atoms with Crippen LogP contribution in [0.5, 0.6) is 0 Å². The van der Waals surface area contributed by atoms with Crippen LogP contribution in [0.3, 0.4) is 0 Å². The fourth-order valence-electron chi connectivity index (χ4n) is 3.00. The fourth-order valence-corrected chi connectivity index (χ4v) is 3.00. The van der Waals surface area contributed by atoms with Crippen molar-refractivity contribution in [2.75, 3.05) is 0 Å². The van der Waals surface area contributed by atoms with Crippen molar-refractivity contribution >= 4 is 11.6 Å². The molecular weight excluding hydrogens is 386 g/mol. The molecule has 30 heavy (non-hydrogen) atoms. The third-order valence-electron chi connectivity index (χ3n) is 4.53. The van der Waals surface area contributed by atoms with Crippen LogP contribution in [0.1, 0.15) is 43.2 Å². The summed E-state index contributed by atoms with van der Waals surface area (Å²) in [4.78, 5) is 28.7. The Bertz CT molecular complexity index is 1070. The van der Waals surface area contributed by atoms with Gasteiger partial charge >= 0.3 is 0 Å². The first-order chi connectivity index (χ1) is 14.4. The number of nitrogens with one attached hydrogen (secondary N) is 2. The number of aryl methyl sites for hydroxylation is 2. The maximum absolute atomic E-state index is 12.9. The smallest absolute Gasteiger partial charge is 0.194 e. The number of carbonyl (C=O) groups excluding carboxylic acids is 2. The first-order valence-corrected chi connectivity index (χ1v) is 9.26. The molecule has 4 rings (SSSR count). The number of halogens is 2. The summed E-state index contributed by atoms with van der Waals surface area (Å²) < 4.78 is 25.7. The van der Waals surface area contributed by atoms with Gasteiger partial charge in [0.25, 0.3) is 0 Å². The van der Waals surface area contributed by atoms with Gasteiger partial charge in [-0.25, -0.2) is 0 Å². The van der Waals surface area contributed by atoms with Crippen molar-refractivity contribution in [2.24, 2.45) is 0 Å². The second kappa shape index (κ2) is 9.13. The minimum atomic E-state index is -0.480. The third-order valence-corrected chi connectivity index (χ3v) is 4.53. The molecule has 0 aliphatic rings. The van der Waals surface area contributed by atoms with Gasteiger partial charge in [0, 0.05) is 45.8 Å². The van der Waals surface area contributed by atoms with Crippen LogP contribution in [0.4, 0.5) is 8.78 Å². The molecule has 0 aliphatic carbocycles. The van der Waals surface area contributed by atoms with Crippen LogP contribution in [-0.4, -0.2) is 21.5 Å². The van der Waals surface area contributed by atoms with Crippen molar-refractivity contribution in [3.63, 3.8) is 0 Å². The quantitative estimate of drug-likeness (QED) is 0.447. The lowest BCUT2D eigenvalue weighted by molar-refractivity contribution is 0.103. The molecule has 2 N–H and O–H groups in total. The number of carbonyl (C=O) groups is 2. The number of aromatic amines is 2. The molecule has 0 bridgehead atoms. The van der Waals surface area contributed by atoms with Crippen LogP contribution in [0.25, 0.3) is 0 Å². The van der Waals surface area contributed by atoms with Gasteiger partial charge in [-0.05, 0) is 13.8 Å². The minimum Gasteiger partial charge on any atom is -0.335 e. The molecule has 0 saturated carbocycles. The zero-order valence-corrected chi connectivity index (χ0v) is 16.5. The van der Waals surface area contributed by atoms with Crippen LogP contribution in [0.15, 0.2) is 72.8 Å². The topological polar surface area (TPSA) is 65.7 Å². The Morgan fingerprint density at radius 1 is 0.633 bits per heavy atom. The van der Waals surface area contributed by atoms with Gasteiger partial charge < -0.3 is 9.97 Å². The fraction of sp³-hybridized carbons (Fsp3) is 0.0833. The van der Waals surface area contributed by atoms with E-state index in [4.69, 9.17) is 0 Å². The van der Waals surface area contributed by atoms with E-state index >= 15 is 0 Å². The van der Waals surface area contributed by atoms with Gasteiger partial charge in [-0.1, -0.05) is 60.7 Å². The molecule has 0 saturated heterocycles. The Morgan fingerprint density at radius 2 is 0.967 bits per heavy atom. The number of H-pyrrole nitrogens is 2. The number of rotatable bonds is 4. The van der Waals surface area contributed by atoms with Gasteiger partial charge in [-0.3, -0.25) is 9.59 Å². The van der Waals surface area contributed by atoms with Crippen LogP contribution >= 0.6 is 0 Å². The number of hydrogen-bond acceptors (Lipinski definition) is 2. The molecule has 0 fully saturated rings. The van der Waals surface area contributed by atoms with Gasteiger partial charge in [-0.2, -0.15) is 8.78 Å². The van der Waals surface area contributed by atoms with Crippen molar-refractivity contribution in [3.05, 3.63) is 118 Å². The molecule has 152 valence electrons. The average Bonchev–Trinajstić information content (AvgIpc) is 3.28. The van der Waals surface area contributed by atoms with E-state index in [0.717, 1.165) is 0 Å². The predicted octanol–water partition coefficient (Wildman–Crippen LogP) is 5.39. The van der Waals surface area contributed by atoms with E-state index in [2.05, 4.69) is 9.97 Å². The summed E-state index contributed by atoms with van der Waals surface area (Å²) >= 11 is 0. The van der Waals surface area contributed by atoms with Gasteiger partial charge in [0.05, 0.1) is 0 Å². The molecule has 2 heterocycles. The van der Waals surface area contributed by atoms with Crippen molar-refractivity contribution in [2.45, 2.75) is 13.8 Å². The summed E-state index contributed by atoms with van der Waals surface area (Å²) in [5.74, 6) is -1.28. The number of aromatic nitrogens is 2. The van der Waals surface area contributed by atoms with E-state index in [1.807, 2.05) is 12.1 Å². The summed E-state index contributed by atoms with van der Waals surface area (Å²) in [7, 11) is 0. The molecular formula is C24H20F2N2O2. The zero-order valence-electron chi connectivity index (χ0n) is 16.5. The van der Waals surface area contributed by atoms with Gasteiger partial charge in [0.15, 0.2) is 23.5 Å². The highest BCUT2D eigenvalue weighted by Gasteiger charge is 2.15. The Morgan fingerprint density at radius 3 is 1.23 bits per heavy atom. The monoisotopic (exact) mass is 406 g/mol. The standard InChI is InChI=1S/2C12H10FNO/c2*1-8-10(7-11(13)14-8)12(15)9-5-3-2-4-6-9/h2*2-7,14H,1H3. The summed E-state index contributed by atoms with van der Waals surface area (Å²) in [5, 5.41) is 0. The number of benzene rings is 2. The molecule has 2 aromatic carbocycles. The van der Waals surface area contributed by atoms with E-state index in [0.29, 0.717) is 33.6 Å². The predicted molar refractivity (Wildman–Crippen MR) is 111 cm³/mol. The largest absolute Gasteiger partial charge is 0.335 e. The maximum atomic E-state index is 12.9. The molecule has 0 unspecified atom stereocenters. The summed E-state index contributed by atoms with van der Waals surface area (Å²) in [6.07, 6.45) is 0. The van der Waals surface area contributed by atoms with E-state index in [-0.39, 0.29) is 11.6 Å². The second-order valence-corrected chi connectivity index (χ2v) is 6.70. The third kappa shape index (κ3) is 4.78. The van der Waals surface area contributed by atoms with Crippen molar-refractivity contribution in [1.29, 1.82) is 0 Å².